The van der Waals surface area contributed by atoms with E-state index in [9.17, 15) is 4.79 Å². The molecular formula is C19H27N3O2. The molecule has 0 N–H and O–H groups in total. The molecule has 1 saturated heterocycles. The number of hydrogen-bond acceptors (Lipinski definition) is 3. The molecule has 0 bridgehead atoms. The summed E-state index contributed by atoms with van der Waals surface area (Å²) in [4.78, 5) is 15.0. The fourth-order valence-electron chi connectivity index (χ4n) is 3.77. The molecule has 24 heavy (non-hydrogen) atoms. The average molecular weight is 329 g/mol. The Balaban J connectivity index is 1.74. The molecule has 0 unspecified atom stereocenters. The molecule has 3 heterocycles. The van der Waals surface area contributed by atoms with E-state index in [2.05, 4.69) is 40.0 Å². The number of carbonyl (C=O) groups is 1. The minimum absolute atomic E-state index is 0.199. The van der Waals surface area contributed by atoms with Crippen molar-refractivity contribution < 1.29 is 9.32 Å². The molecule has 1 aliphatic heterocycles. The van der Waals surface area contributed by atoms with Crippen molar-refractivity contribution in [3.8, 4) is 0 Å². The zero-order valence-electron chi connectivity index (χ0n) is 14.9. The van der Waals surface area contributed by atoms with Gasteiger partial charge in [-0.2, -0.15) is 0 Å². The van der Waals surface area contributed by atoms with Gasteiger partial charge in [-0.1, -0.05) is 18.0 Å². The Hall–Kier alpha value is -2.04. The van der Waals surface area contributed by atoms with Gasteiger partial charge in [0.25, 0.3) is 0 Å². The number of aromatic nitrogens is 2. The van der Waals surface area contributed by atoms with Gasteiger partial charge in [-0.05, 0) is 45.2 Å². The largest absolute Gasteiger partial charge is 0.361 e. The van der Waals surface area contributed by atoms with Crippen LogP contribution in [0.2, 0.25) is 0 Å². The van der Waals surface area contributed by atoms with Crippen LogP contribution in [0.3, 0.4) is 0 Å². The van der Waals surface area contributed by atoms with Crippen molar-refractivity contribution >= 4 is 5.91 Å². The van der Waals surface area contributed by atoms with Crippen LogP contribution in [-0.4, -0.2) is 27.1 Å². The van der Waals surface area contributed by atoms with Crippen molar-refractivity contribution in [1.29, 1.82) is 0 Å². The quantitative estimate of drug-likeness (QED) is 0.859. The Kier molecular flexibility index (Phi) is 5.07. The number of hydrogen-bond donors (Lipinski definition) is 0. The molecule has 1 atom stereocenters. The van der Waals surface area contributed by atoms with Gasteiger partial charge in [-0.15, -0.1) is 0 Å². The van der Waals surface area contributed by atoms with Gasteiger partial charge in [0.15, 0.2) is 0 Å². The Labute approximate surface area is 143 Å². The molecule has 0 aromatic carbocycles. The third kappa shape index (κ3) is 3.40. The zero-order chi connectivity index (χ0) is 17.1. The highest BCUT2D eigenvalue weighted by Crippen LogP contribution is 2.31. The predicted molar refractivity (Wildman–Crippen MR) is 92.6 cm³/mol. The van der Waals surface area contributed by atoms with E-state index >= 15 is 0 Å². The number of aryl methyl sites for hydroxylation is 3. The molecule has 0 radical (unpaired) electrons. The fraction of sp³-hybridized carbons (Fsp3) is 0.579. The van der Waals surface area contributed by atoms with E-state index in [1.165, 1.54) is 18.5 Å². The first kappa shape index (κ1) is 16.8. The maximum Gasteiger partial charge on any atom is 0.223 e. The van der Waals surface area contributed by atoms with E-state index in [0.29, 0.717) is 12.8 Å². The lowest BCUT2D eigenvalue weighted by atomic mass is 10.0. The second-order valence-electron chi connectivity index (χ2n) is 6.80. The monoisotopic (exact) mass is 329 g/mol. The molecule has 1 aliphatic rings. The average Bonchev–Trinajstić information content (AvgIpc) is 3.02. The second kappa shape index (κ2) is 7.24. The number of nitrogens with zero attached hydrogens (tertiary/aromatic N) is 3. The van der Waals surface area contributed by atoms with Crippen LogP contribution in [0.15, 0.2) is 22.9 Å². The van der Waals surface area contributed by atoms with Gasteiger partial charge >= 0.3 is 0 Å². The molecule has 130 valence electrons. The molecule has 2 aromatic heterocycles. The van der Waals surface area contributed by atoms with E-state index in [1.54, 1.807) is 0 Å². The lowest BCUT2D eigenvalue weighted by Gasteiger charge is -2.30. The lowest BCUT2D eigenvalue weighted by molar-refractivity contribution is -0.133. The maximum atomic E-state index is 13.0. The smallest absolute Gasteiger partial charge is 0.223 e. The Morgan fingerprint density at radius 1 is 1.33 bits per heavy atom. The summed E-state index contributed by atoms with van der Waals surface area (Å²) in [6.45, 7) is 4.71. The molecule has 2 aromatic rings. The molecule has 3 rings (SSSR count). The Bertz CT molecular complexity index is 682. The van der Waals surface area contributed by atoms with Gasteiger partial charge in [-0.3, -0.25) is 4.79 Å². The van der Waals surface area contributed by atoms with Gasteiger partial charge in [0.1, 0.15) is 5.76 Å². The highest BCUT2D eigenvalue weighted by molar-refractivity contribution is 5.77. The molecule has 1 fully saturated rings. The fourth-order valence-corrected chi connectivity index (χ4v) is 3.77. The van der Waals surface area contributed by atoms with Gasteiger partial charge in [0.05, 0.1) is 11.7 Å². The first-order valence-corrected chi connectivity index (χ1v) is 8.90. The summed E-state index contributed by atoms with van der Waals surface area (Å²) in [5.41, 5.74) is 3.21. The number of rotatable bonds is 4. The van der Waals surface area contributed by atoms with Crippen LogP contribution in [0.4, 0.5) is 0 Å². The molecule has 0 aliphatic carbocycles. The van der Waals surface area contributed by atoms with Crippen LogP contribution in [0, 0.1) is 13.8 Å². The minimum atomic E-state index is 0.199. The Morgan fingerprint density at radius 2 is 2.17 bits per heavy atom. The SMILES string of the molecule is Cc1noc(C)c1CCC(=O)N1CCCCC[C@@H]1c1cccn1C. The molecule has 5 heteroatoms. The second-order valence-corrected chi connectivity index (χ2v) is 6.80. The van der Waals surface area contributed by atoms with E-state index in [0.717, 1.165) is 36.4 Å². The molecule has 0 saturated carbocycles. The summed E-state index contributed by atoms with van der Waals surface area (Å²) < 4.78 is 7.35. The first-order chi connectivity index (χ1) is 11.6. The van der Waals surface area contributed by atoms with Crippen molar-refractivity contribution in [3.05, 3.63) is 41.0 Å². The highest BCUT2D eigenvalue weighted by atomic mass is 16.5. The highest BCUT2D eigenvalue weighted by Gasteiger charge is 2.28. The van der Waals surface area contributed by atoms with Gasteiger partial charge in [0.2, 0.25) is 5.91 Å². The van der Waals surface area contributed by atoms with Gasteiger partial charge in [0, 0.05) is 37.5 Å². The van der Waals surface area contributed by atoms with Crippen LogP contribution >= 0.6 is 0 Å². The third-order valence-corrected chi connectivity index (χ3v) is 5.17. The summed E-state index contributed by atoms with van der Waals surface area (Å²) in [6, 6.07) is 4.40. The van der Waals surface area contributed by atoms with E-state index in [-0.39, 0.29) is 11.9 Å². The minimum Gasteiger partial charge on any atom is -0.361 e. The van der Waals surface area contributed by atoms with Crippen LogP contribution in [-0.2, 0) is 18.3 Å². The number of amides is 1. The summed E-state index contributed by atoms with van der Waals surface area (Å²) >= 11 is 0. The molecule has 5 nitrogen and oxygen atoms in total. The topological polar surface area (TPSA) is 51.3 Å². The van der Waals surface area contributed by atoms with Crippen LogP contribution < -0.4 is 0 Å². The van der Waals surface area contributed by atoms with Crippen molar-refractivity contribution in [2.45, 2.75) is 58.4 Å². The first-order valence-electron chi connectivity index (χ1n) is 8.90. The number of likely N-dealkylation sites (tertiary alicyclic amines) is 1. The lowest BCUT2D eigenvalue weighted by Crippen LogP contribution is -2.35. The standard InChI is InChI=1S/C19H27N3O2/c1-14-16(15(2)24-20-14)10-11-19(23)22-13-6-4-5-8-18(22)17-9-7-12-21(17)3/h7,9,12,18H,4-6,8,10-11,13H2,1-3H3/t18-/m1/s1. The van der Waals surface area contributed by atoms with E-state index in [4.69, 9.17) is 4.52 Å². The predicted octanol–water partition coefficient (Wildman–Crippen LogP) is 3.71. The van der Waals surface area contributed by atoms with Crippen LogP contribution in [0.1, 0.15) is 60.9 Å². The summed E-state index contributed by atoms with van der Waals surface area (Å²) in [6.07, 6.45) is 7.82. The normalized spacial score (nSPS) is 18.6. The maximum absolute atomic E-state index is 13.0. The number of carbonyl (C=O) groups excluding carboxylic acids is 1. The zero-order valence-corrected chi connectivity index (χ0v) is 14.9. The van der Waals surface area contributed by atoms with Crippen molar-refractivity contribution in [2.75, 3.05) is 6.54 Å². The summed E-state index contributed by atoms with van der Waals surface area (Å²) in [7, 11) is 2.06. The molecular weight excluding hydrogens is 302 g/mol. The summed E-state index contributed by atoms with van der Waals surface area (Å²) in [5.74, 6) is 1.07. The van der Waals surface area contributed by atoms with Crippen molar-refractivity contribution in [2.24, 2.45) is 7.05 Å². The van der Waals surface area contributed by atoms with Crippen molar-refractivity contribution in [3.63, 3.8) is 0 Å². The van der Waals surface area contributed by atoms with Gasteiger partial charge < -0.3 is 14.0 Å². The Morgan fingerprint density at radius 3 is 2.83 bits per heavy atom. The molecule has 0 spiro atoms. The molecule has 1 amide bonds. The van der Waals surface area contributed by atoms with Crippen molar-refractivity contribution in [1.82, 2.24) is 14.6 Å². The van der Waals surface area contributed by atoms with Gasteiger partial charge in [-0.25, -0.2) is 0 Å². The van der Waals surface area contributed by atoms with Crippen LogP contribution in [0.25, 0.3) is 0 Å². The van der Waals surface area contributed by atoms with E-state index < -0.39 is 0 Å². The van der Waals surface area contributed by atoms with Crippen LogP contribution in [0.5, 0.6) is 0 Å². The summed E-state index contributed by atoms with van der Waals surface area (Å²) in [5, 5.41) is 3.99. The third-order valence-electron chi connectivity index (χ3n) is 5.17. The van der Waals surface area contributed by atoms with E-state index in [1.807, 2.05) is 13.8 Å².